The van der Waals surface area contributed by atoms with Crippen LogP contribution in [0.2, 0.25) is 0 Å². The molecular formula is C6H12F3OP. The van der Waals surface area contributed by atoms with Gasteiger partial charge < -0.3 is 4.57 Å². The van der Waals surface area contributed by atoms with E-state index in [0.29, 0.717) is 0 Å². The number of alkyl halides is 3. The zero-order valence-corrected chi connectivity index (χ0v) is 7.51. The van der Waals surface area contributed by atoms with Crippen molar-refractivity contribution < 1.29 is 17.7 Å². The Morgan fingerprint density at radius 1 is 1.18 bits per heavy atom. The number of halogens is 3. The molecule has 0 radical (unpaired) electrons. The minimum Gasteiger partial charge on any atom is -0.323 e. The molecule has 0 aliphatic carbocycles. The summed E-state index contributed by atoms with van der Waals surface area (Å²) in [6, 6.07) is 0. The van der Waals surface area contributed by atoms with Gasteiger partial charge in [0.2, 0.25) is 0 Å². The van der Waals surface area contributed by atoms with Crippen LogP contribution in [-0.2, 0) is 4.57 Å². The SMILES string of the molecule is CCP(=O)(CC)CC(F)(F)F. The molecule has 0 aromatic rings. The van der Waals surface area contributed by atoms with Crippen molar-refractivity contribution in [3.63, 3.8) is 0 Å². The second-order valence-corrected chi connectivity index (χ2v) is 6.16. The van der Waals surface area contributed by atoms with Crippen LogP contribution in [0, 0.1) is 0 Å². The molecule has 0 bridgehead atoms. The van der Waals surface area contributed by atoms with Gasteiger partial charge in [-0.25, -0.2) is 0 Å². The van der Waals surface area contributed by atoms with E-state index in [1.165, 1.54) is 13.8 Å². The lowest BCUT2D eigenvalue weighted by atomic mass is 10.8. The Kier molecular flexibility index (Phi) is 3.62. The molecule has 0 aliphatic heterocycles. The fourth-order valence-corrected chi connectivity index (χ4v) is 2.32. The second kappa shape index (κ2) is 3.61. The van der Waals surface area contributed by atoms with Crippen molar-refractivity contribution in [3.8, 4) is 0 Å². The summed E-state index contributed by atoms with van der Waals surface area (Å²) in [4.78, 5) is 0. The van der Waals surface area contributed by atoms with Gasteiger partial charge in [-0.05, 0) is 12.3 Å². The van der Waals surface area contributed by atoms with E-state index in [0.717, 1.165) is 0 Å². The van der Waals surface area contributed by atoms with Crippen LogP contribution < -0.4 is 0 Å². The van der Waals surface area contributed by atoms with Crippen LogP contribution >= 0.6 is 7.14 Å². The van der Waals surface area contributed by atoms with Gasteiger partial charge in [0.05, 0.1) is 13.3 Å². The fraction of sp³-hybridized carbons (Fsp3) is 1.00. The van der Waals surface area contributed by atoms with Gasteiger partial charge in [-0.15, -0.1) is 0 Å². The summed E-state index contributed by atoms with van der Waals surface area (Å²) in [6.45, 7) is 3.08. The monoisotopic (exact) mass is 188 g/mol. The molecular weight excluding hydrogens is 176 g/mol. The van der Waals surface area contributed by atoms with Crippen molar-refractivity contribution in [1.29, 1.82) is 0 Å². The molecule has 5 heteroatoms. The molecule has 68 valence electrons. The molecule has 0 heterocycles. The Labute approximate surface area is 64.4 Å². The maximum absolute atomic E-state index is 11.8. The van der Waals surface area contributed by atoms with E-state index in [9.17, 15) is 17.7 Å². The Hall–Kier alpha value is 0.0200. The van der Waals surface area contributed by atoms with Crippen LogP contribution in [0.1, 0.15) is 13.8 Å². The summed E-state index contributed by atoms with van der Waals surface area (Å²) in [5, 5.41) is 0. The lowest BCUT2D eigenvalue weighted by Crippen LogP contribution is -2.16. The summed E-state index contributed by atoms with van der Waals surface area (Å²) in [6.07, 6.45) is -5.10. The van der Waals surface area contributed by atoms with Gasteiger partial charge in [0, 0.05) is 0 Å². The minimum atomic E-state index is -4.28. The highest BCUT2D eigenvalue weighted by molar-refractivity contribution is 7.63. The third-order valence-electron chi connectivity index (χ3n) is 1.62. The molecule has 0 aliphatic rings. The average Bonchev–Trinajstić information content (AvgIpc) is 1.84. The van der Waals surface area contributed by atoms with Crippen LogP contribution in [0.15, 0.2) is 0 Å². The standard InChI is InChI=1S/C6H12F3OP/c1-3-11(10,4-2)5-6(7,8)9/h3-5H2,1-2H3. The predicted molar refractivity (Wildman–Crippen MR) is 39.6 cm³/mol. The first-order chi connectivity index (χ1) is 4.83. The lowest BCUT2D eigenvalue weighted by Gasteiger charge is -2.15. The van der Waals surface area contributed by atoms with Gasteiger partial charge in [0.25, 0.3) is 0 Å². The maximum atomic E-state index is 11.8. The quantitative estimate of drug-likeness (QED) is 0.622. The molecule has 0 saturated carbocycles. The number of hydrogen-bond donors (Lipinski definition) is 0. The van der Waals surface area contributed by atoms with Crippen LogP contribution in [0.3, 0.4) is 0 Å². The van der Waals surface area contributed by atoms with E-state index in [-0.39, 0.29) is 12.3 Å². The summed E-state index contributed by atoms with van der Waals surface area (Å²) in [5.41, 5.74) is 0. The third-order valence-corrected chi connectivity index (χ3v) is 4.86. The van der Waals surface area contributed by atoms with Crippen molar-refractivity contribution in [1.82, 2.24) is 0 Å². The van der Waals surface area contributed by atoms with E-state index >= 15 is 0 Å². The largest absolute Gasteiger partial charge is 0.395 e. The van der Waals surface area contributed by atoms with Crippen molar-refractivity contribution in [2.75, 3.05) is 18.5 Å². The Morgan fingerprint density at radius 3 is 1.64 bits per heavy atom. The Balaban J connectivity index is 4.21. The molecule has 0 aromatic carbocycles. The molecule has 11 heavy (non-hydrogen) atoms. The van der Waals surface area contributed by atoms with Gasteiger partial charge >= 0.3 is 6.18 Å². The molecule has 0 spiro atoms. The molecule has 0 unspecified atom stereocenters. The first-order valence-electron chi connectivity index (χ1n) is 3.47. The molecule has 0 atom stereocenters. The van der Waals surface area contributed by atoms with E-state index in [1.54, 1.807) is 0 Å². The highest BCUT2D eigenvalue weighted by Gasteiger charge is 2.36. The van der Waals surface area contributed by atoms with Crippen molar-refractivity contribution in [2.24, 2.45) is 0 Å². The molecule has 0 fully saturated rings. The molecule has 0 rings (SSSR count). The average molecular weight is 188 g/mol. The van der Waals surface area contributed by atoms with Crippen molar-refractivity contribution >= 4 is 7.14 Å². The first-order valence-corrected chi connectivity index (χ1v) is 5.73. The van der Waals surface area contributed by atoms with Crippen molar-refractivity contribution in [3.05, 3.63) is 0 Å². The molecule has 0 N–H and O–H groups in total. The zero-order valence-electron chi connectivity index (χ0n) is 6.61. The summed E-state index contributed by atoms with van der Waals surface area (Å²) in [5.74, 6) is 0. The van der Waals surface area contributed by atoms with Gasteiger partial charge in [0.15, 0.2) is 0 Å². The fourth-order valence-electron chi connectivity index (χ4n) is 0.774. The van der Waals surface area contributed by atoms with Crippen LogP contribution in [0.4, 0.5) is 13.2 Å². The molecule has 0 aromatic heterocycles. The predicted octanol–water partition coefficient (Wildman–Crippen LogP) is 2.95. The van der Waals surface area contributed by atoms with Gasteiger partial charge in [0.1, 0.15) is 0 Å². The summed E-state index contributed by atoms with van der Waals surface area (Å²) >= 11 is 0. The normalized spacial score (nSPS) is 13.5. The minimum absolute atomic E-state index is 0.142. The first kappa shape index (κ1) is 11.0. The van der Waals surface area contributed by atoms with Crippen LogP contribution in [-0.4, -0.2) is 24.7 Å². The van der Waals surface area contributed by atoms with E-state index in [4.69, 9.17) is 0 Å². The zero-order chi connectivity index (χ0) is 9.12. The summed E-state index contributed by atoms with van der Waals surface area (Å²) < 4.78 is 46.5. The van der Waals surface area contributed by atoms with E-state index < -0.39 is 19.5 Å². The molecule has 1 nitrogen and oxygen atoms in total. The summed E-state index contributed by atoms with van der Waals surface area (Å²) in [7, 11) is -2.93. The highest BCUT2D eigenvalue weighted by Crippen LogP contribution is 2.48. The molecule has 0 saturated heterocycles. The van der Waals surface area contributed by atoms with Crippen LogP contribution in [0.25, 0.3) is 0 Å². The smallest absolute Gasteiger partial charge is 0.323 e. The molecule has 0 amide bonds. The highest BCUT2D eigenvalue weighted by atomic mass is 31.2. The number of rotatable bonds is 3. The third kappa shape index (κ3) is 4.46. The Morgan fingerprint density at radius 2 is 1.55 bits per heavy atom. The maximum Gasteiger partial charge on any atom is 0.395 e. The second-order valence-electron chi connectivity index (χ2n) is 2.46. The van der Waals surface area contributed by atoms with E-state index in [1.807, 2.05) is 0 Å². The van der Waals surface area contributed by atoms with E-state index in [2.05, 4.69) is 0 Å². The topological polar surface area (TPSA) is 17.1 Å². The number of hydrogen-bond acceptors (Lipinski definition) is 1. The Bertz CT molecular complexity index is 156. The van der Waals surface area contributed by atoms with Gasteiger partial charge in [-0.2, -0.15) is 13.2 Å². The van der Waals surface area contributed by atoms with Gasteiger partial charge in [-0.3, -0.25) is 0 Å². The lowest BCUT2D eigenvalue weighted by molar-refractivity contribution is -0.106. The van der Waals surface area contributed by atoms with Crippen molar-refractivity contribution in [2.45, 2.75) is 20.0 Å². The van der Waals surface area contributed by atoms with Crippen LogP contribution in [0.5, 0.6) is 0 Å². The van der Waals surface area contributed by atoms with Gasteiger partial charge in [-0.1, -0.05) is 13.8 Å².